The van der Waals surface area contributed by atoms with Crippen LogP contribution in [0, 0.1) is 0 Å². The first kappa shape index (κ1) is 85.5. The molecular weight excluding hydrogens is 1790 g/mol. The van der Waals surface area contributed by atoms with Gasteiger partial charge in [-0.15, -0.1) is 0 Å². The van der Waals surface area contributed by atoms with E-state index in [1.807, 2.05) is 0 Å². The van der Waals surface area contributed by atoms with E-state index >= 15 is 0 Å². The summed E-state index contributed by atoms with van der Waals surface area (Å²) in [6.45, 7) is 0. The molecule has 0 bridgehead atoms. The van der Waals surface area contributed by atoms with Gasteiger partial charge in [-0.3, -0.25) is 0 Å². The summed E-state index contributed by atoms with van der Waals surface area (Å²) in [6.07, 6.45) is 0. The highest BCUT2D eigenvalue weighted by atomic mass is 15.0. The minimum absolute atomic E-state index is 1.17. The van der Waals surface area contributed by atoms with Gasteiger partial charge in [0.2, 0.25) is 0 Å². The Kier molecular flexibility index (Phi) is 19.8. The predicted molar refractivity (Wildman–Crippen MR) is 631 cm³/mol. The first-order valence-electron chi connectivity index (χ1n) is 51.1. The van der Waals surface area contributed by atoms with Crippen LogP contribution in [-0.4, -0.2) is 36.5 Å². The Morgan fingerprint density at radius 3 is 0.527 bits per heavy atom. The van der Waals surface area contributed by atoms with E-state index in [1.54, 1.807) is 0 Å². The zero-order chi connectivity index (χ0) is 98.0. The van der Waals surface area contributed by atoms with Gasteiger partial charge in [0, 0.05) is 202 Å². The van der Waals surface area contributed by atoms with Gasteiger partial charge in [-0.1, -0.05) is 413 Å². The van der Waals surface area contributed by atoms with E-state index in [9.17, 15) is 0 Å². The quantitative estimate of drug-likeness (QED) is 0.145. The van der Waals surface area contributed by atoms with Gasteiger partial charge in [-0.25, -0.2) is 0 Å². The monoisotopic (exact) mass is 1890 g/mol. The molecule has 8 aromatic heterocycles. The predicted octanol–water partition coefficient (Wildman–Crippen LogP) is 37.0. The minimum Gasteiger partial charge on any atom is -0.343 e. The van der Waals surface area contributed by atoms with Crippen molar-refractivity contribution in [3.8, 4) is 67.3 Å². The third kappa shape index (κ3) is 13.0. The largest absolute Gasteiger partial charge is 0.343 e. The molecule has 0 unspecified atom stereocenters. The van der Waals surface area contributed by atoms with Gasteiger partial charge in [0.1, 0.15) is 0 Å². The fraction of sp³-hybridized carbons (Fsp3) is 0.0286. The van der Waals surface area contributed by atoms with E-state index in [4.69, 9.17) is 0 Å². The van der Waals surface area contributed by atoms with Crippen LogP contribution in [0.25, 0.3) is 285 Å². The van der Waals surface area contributed by atoms with Crippen LogP contribution in [0.3, 0.4) is 0 Å². The van der Waals surface area contributed by atoms with Crippen molar-refractivity contribution in [3.63, 3.8) is 0 Å². The lowest BCUT2D eigenvalue weighted by Crippen LogP contribution is -1.96. The Morgan fingerprint density at radius 2 is 0.264 bits per heavy atom. The van der Waals surface area contributed by atoms with Crippen LogP contribution in [-0.2, 0) is 28.2 Å². The van der Waals surface area contributed by atoms with Crippen LogP contribution >= 0.6 is 0 Å². The molecule has 696 valence electrons. The molecule has 8 nitrogen and oxygen atoms in total. The molecule has 0 aliphatic rings. The summed E-state index contributed by atoms with van der Waals surface area (Å²) < 4.78 is 19.3. The molecule has 8 heterocycles. The standard InChI is InChI=1S/C41H28N2.2C35H24N2.C29H20N2/c1-42-36-20-9-7-18-34(36)38-39-35-19-8-10-21-37(35)43(41(39)33-17-6-5-16-32(33)40(38)42)31-15-11-14-30(26-31)29-24-22-28(23-25-29)27-12-3-2-4-13-27;1-36-30-20-9-7-18-28(30)32-33-29-19-8-10-21-31(29)37(35(33)27-17-6-5-16-26(27)34(32)36)25-15-11-14-24(22-25)23-12-3-2-4-13-23;1-36-30-17-9-7-15-28(30)32-33-29-16-8-10-18-31(29)37(35(33)27-14-6-5-13-26(27)34(32)36)25-21-19-24(20-22-25)23-11-3-2-4-12-23;1-30-24-17-9-7-15-22(24)26-27-23-16-8-10-18-25(23)31(19-11-3-2-4-12-19)29(27)21-14-6-5-13-20(21)28(26)30/h2-26H,1H3;2*2-22H,1H3;2-18H,1H3. The van der Waals surface area contributed by atoms with Crippen LogP contribution in [0.1, 0.15) is 0 Å². The molecule has 0 atom stereocenters. The van der Waals surface area contributed by atoms with Gasteiger partial charge in [-0.2, -0.15) is 0 Å². The maximum Gasteiger partial charge on any atom is 0.0627 e. The molecule has 0 aliphatic heterocycles. The van der Waals surface area contributed by atoms with Crippen molar-refractivity contribution >= 4 is 218 Å². The second-order valence-corrected chi connectivity index (χ2v) is 39.3. The summed E-state index contributed by atoms with van der Waals surface area (Å²) in [4.78, 5) is 0. The van der Waals surface area contributed by atoms with Crippen molar-refractivity contribution in [3.05, 3.63) is 510 Å². The number of aromatic nitrogens is 8. The number of rotatable bonds is 8. The minimum atomic E-state index is 1.17. The van der Waals surface area contributed by atoms with Crippen molar-refractivity contribution in [1.82, 2.24) is 36.5 Å². The van der Waals surface area contributed by atoms with Crippen molar-refractivity contribution in [1.29, 1.82) is 0 Å². The van der Waals surface area contributed by atoms with Gasteiger partial charge in [0.25, 0.3) is 0 Å². The SMILES string of the molecule is Cn1c2ccccc2c2c3c4ccccc4n(-c4ccc(-c5ccccc5)cc4)c3c3ccccc3c21.Cn1c2ccccc2c2c3c4ccccc4n(-c4cccc(-c5ccc(-c6ccccc6)cc5)c4)c3c3ccccc3c21.Cn1c2ccccc2c2c3c4ccccc4n(-c4cccc(-c5ccccc5)c4)c3c3ccccc3c21.Cn1c2ccccc2c2c3c4ccccc4n(-c4ccccc4)c3c3ccccc3c21. The summed E-state index contributed by atoms with van der Waals surface area (Å²) in [6, 6.07) is 184. The summed E-state index contributed by atoms with van der Waals surface area (Å²) in [5.74, 6) is 0. The van der Waals surface area contributed by atoms with Crippen molar-refractivity contribution < 1.29 is 0 Å². The van der Waals surface area contributed by atoms with Crippen LogP contribution in [0.2, 0.25) is 0 Å². The lowest BCUT2D eigenvalue weighted by molar-refractivity contribution is 1.02. The number of hydrogen-bond donors (Lipinski definition) is 0. The summed E-state index contributed by atoms with van der Waals surface area (Å²) in [5.41, 5.74) is 34.8. The second-order valence-electron chi connectivity index (χ2n) is 39.3. The molecule has 0 radical (unpaired) electrons. The summed E-state index contributed by atoms with van der Waals surface area (Å²) in [7, 11) is 8.80. The number of para-hydroxylation sites is 9. The lowest BCUT2D eigenvalue weighted by atomic mass is 9.99. The molecule has 0 N–H and O–H groups in total. The lowest BCUT2D eigenvalue weighted by Gasteiger charge is -2.13. The maximum absolute atomic E-state index is 2.48. The van der Waals surface area contributed by atoms with E-state index in [1.165, 1.54) is 285 Å². The maximum atomic E-state index is 2.48. The van der Waals surface area contributed by atoms with Gasteiger partial charge in [0.05, 0.1) is 66.2 Å². The summed E-state index contributed by atoms with van der Waals surface area (Å²) in [5, 5.41) is 31.3. The normalized spacial score (nSPS) is 11.9. The molecular formula is C140H96N8. The Hall–Kier alpha value is -19.3. The molecule has 0 spiro atoms. The fourth-order valence-electron chi connectivity index (χ4n) is 25.3. The Bertz CT molecular complexity index is 11000. The molecule has 0 saturated heterocycles. The van der Waals surface area contributed by atoms with E-state index < -0.39 is 0 Å². The Balaban J connectivity index is 0.0000000936. The smallest absolute Gasteiger partial charge is 0.0627 e. The number of fused-ring (bicyclic) bond motifs is 40. The van der Waals surface area contributed by atoms with Gasteiger partial charge < -0.3 is 36.5 Å². The Labute approximate surface area is 853 Å². The number of aryl methyl sites for hydroxylation is 4. The second kappa shape index (κ2) is 34.2. The van der Waals surface area contributed by atoms with Crippen molar-refractivity contribution in [2.45, 2.75) is 0 Å². The first-order chi connectivity index (χ1) is 73.2. The highest BCUT2D eigenvalue weighted by molar-refractivity contribution is 6.42. The third-order valence-corrected chi connectivity index (χ3v) is 31.6. The average Bonchev–Trinajstić information content (AvgIpc) is 1.54. The Morgan fingerprint density at radius 1 is 0.108 bits per heavy atom. The van der Waals surface area contributed by atoms with E-state index in [2.05, 4.69) is 574 Å². The number of hydrogen-bond acceptors (Lipinski definition) is 0. The third-order valence-electron chi connectivity index (χ3n) is 31.6. The highest BCUT2D eigenvalue weighted by Gasteiger charge is 2.30. The summed E-state index contributed by atoms with van der Waals surface area (Å²) >= 11 is 0. The first-order valence-corrected chi connectivity index (χ1v) is 51.1. The zero-order valence-electron chi connectivity index (χ0n) is 82.1. The molecule has 148 heavy (non-hydrogen) atoms. The fourth-order valence-corrected chi connectivity index (χ4v) is 25.3. The zero-order valence-corrected chi connectivity index (χ0v) is 82.1. The molecule has 0 fully saturated rings. The molecule has 32 aromatic rings. The molecule has 0 aliphatic carbocycles. The van der Waals surface area contributed by atoms with Crippen molar-refractivity contribution in [2.24, 2.45) is 28.2 Å². The van der Waals surface area contributed by atoms with E-state index in [0.717, 1.165) is 0 Å². The molecule has 0 saturated carbocycles. The van der Waals surface area contributed by atoms with E-state index in [-0.39, 0.29) is 0 Å². The van der Waals surface area contributed by atoms with Crippen LogP contribution in [0.15, 0.2) is 510 Å². The van der Waals surface area contributed by atoms with Gasteiger partial charge >= 0.3 is 0 Å². The number of nitrogens with zero attached hydrogens (tertiary/aromatic N) is 8. The average molecular weight is 1890 g/mol. The van der Waals surface area contributed by atoms with Crippen LogP contribution < -0.4 is 0 Å². The molecule has 32 rings (SSSR count). The van der Waals surface area contributed by atoms with Gasteiger partial charge in [0.15, 0.2) is 0 Å². The highest BCUT2D eigenvalue weighted by Crippen LogP contribution is 2.53. The molecule has 0 amide bonds. The molecule has 8 heteroatoms. The number of benzene rings is 24. The molecule has 24 aromatic carbocycles. The van der Waals surface area contributed by atoms with Crippen LogP contribution in [0.5, 0.6) is 0 Å². The van der Waals surface area contributed by atoms with Crippen LogP contribution in [0.4, 0.5) is 0 Å². The van der Waals surface area contributed by atoms with E-state index in [0.29, 0.717) is 0 Å². The topological polar surface area (TPSA) is 39.4 Å². The van der Waals surface area contributed by atoms with Crippen molar-refractivity contribution in [2.75, 3.05) is 0 Å². The van der Waals surface area contributed by atoms with Gasteiger partial charge in [-0.05, 0) is 142 Å².